The van der Waals surface area contributed by atoms with Crippen molar-refractivity contribution in [3.05, 3.63) is 59.9 Å². The van der Waals surface area contributed by atoms with E-state index >= 15 is 0 Å². The van der Waals surface area contributed by atoms with Crippen molar-refractivity contribution in [1.82, 2.24) is 9.55 Å². The van der Waals surface area contributed by atoms with Gasteiger partial charge in [0.05, 0.1) is 23.7 Å². The molecule has 2 aromatic carbocycles. The minimum Gasteiger partial charge on any atom is -0.391 e. The Morgan fingerprint density at radius 2 is 2.04 bits per heavy atom. The summed E-state index contributed by atoms with van der Waals surface area (Å²) in [6, 6.07) is 14.6. The molecule has 0 saturated carbocycles. The molecule has 1 aliphatic heterocycles. The molecule has 4 rings (SSSR count). The number of imidazole rings is 1. The molecule has 0 amide bonds. The second kappa shape index (κ2) is 5.66. The van der Waals surface area contributed by atoms with E-state index in [1.165, 1.54) is 6.07 Å². The number of hydrogen-bond donors (Lipinski definition) is 1. The number of β-amino-alcohol motifs (C(OH)–C–C–N with tert-alkyl or cyclic N) is 1. The fourth-order valence-electron chi connectivity index (χ4n) is 3.20. The average Bonchev–Trinajstić information content (AvgIpc) is 3.12. The van der Waals surface area contributed by atoms with E-state index in [4.69, 9.17) is 4.98 Å². The van der Waals surface area contributed by atoms with Gasteiger partial charge in [0, 0.05) is 13.1 Å². The zero-order valence-corrected chi connectivity index (χ0v) is 12.7. The maximum absolute atomic E-state index is 13.5. The first-order valence-corrected chi connectivity index (χ1v) is 7.83. The Labute approximate surface area is 133 Å². The molecule has 4 nitrogen and oxygen atoms in total. The monoisotopic (exact) mass is 311 g/mol. The molecule has 1 aromatic heterocycles. The summed E-state index contributed by atoms with van der Waals surface area (Å²) < 4.78 is 15.6. The Hall–Kier alpha value is -2.40. The Kier molecular flexibility index (Phi) is 3.50. The summed E-state index contributed by atoms with van der Waals surface area (Å²) in [4.78, 5) is 6.83. The Morgan fingerprint density at radius 3 is 2.83 bits per heavy atom. The van der Waals surface area contributed by atoms with Crippen LogP contribution < -0.4 is 4.90 Å². The number of anilines is 1. The highest BCUT2D eigenvalue weighted by Gasteiger charge is 2.25. The van der Waals surface area contributed by atoms with Crippen LogP contribution in [0.3, 0.4) is 0 Å². The van der Waals surface area contributed by atoms with E-state index in [0.717, 1.165) is 35.5 Å². The van der Waals surface area contributed by atoms with Crippen LogP contribution >= 0.6 is 0 Å². The van der Waals surface area contributed by atoms with E-state index < -0.39 is 0 Å². The summed E-state index contributed by atoms with van der Waals surface area (Å²) in [5.41, 5.74) is 2.84. The summed E-state index contributed by atoms with van der Waals surface area (Å²) in [7, 11) is 0. The van der Waals surface area contributed by atoms with E-state index in [1.807, 2.05) is 30.3 Å². The normalized spacial score (nSPS) is 18.0. The lowest BCUT2D eigenvalue weighted by atomic mass is 10.2. The number of aliphatic hydroxyl groups excluding tert-OH is 1. The first kappa shape index (κ1) is 14.2. The molecule has 0 bridgehead atoms. The molecular weight excluding hydrogens is 293 g/mol. The minimum absolute atomic E-state index is 0.231. The van der Waals surface area contributed by atoms with Crippen LogP contribution in [0.2, 0.25) is 0 Å². The summed E-state index contributed by atoms with van der Waals surface area (Å²) >= 11 is 0. The van der Waals surface area contributed by atoms with Gasteiger partial charge in [-0.1, -0.05) is 24.3 Å². The summed E-state index contributed by atoms with van der Waals surface area (Å²) in [6.45, 7) is 1.93. The van der Waals surface area contributed by atoms with Gasteiger partial charge in [-0.15, -0.1) is 0 Å². The number of rotatable bonds is 3. The van der Waals surface area contributed by atoms with Gasteiger partial charge in [0.15, 0.2) is 0 Å². The van der Waals surface area contributed by atoms with Gasteiger partial charge in [-0.05, 0) is 36.2 Å². The fourth-order valence-corrected chi connectivity index (χ4v) is 3.20. The van der Waals surface area contributed by atoms with Crippen LogP contribution in [0, 0.1) is 5.82 Å². The summed E-state index contributed by atoms with van der Waals surface area (Å²) in [5, 5.41) is 9.82. The lowest BCUT2D eigenvalue weighted by Crippen LogP contribution is -2.25. The Bertz CT molecular complexity index is 845. The highest BCUT2D eigenvalue weighted by molar-refractivity contribution is 5.79. The number of aromatic nitrogens is 2. The smallest absolute Gasteiger partial charge is 0.206 e. The zero-order valence-electron chi connectivity index (χ0n) is 12.7. The molecule has 1 N–H and O–H groups in total. The average molecular weight is 311 g/mol. The number of fused-ring (bicyclic) bond motifs is 1. The Morgan fingerprint density at radius 1 is 1.17 bits per heavy atom. The molecule has 118 valence electrons. The molecule has 0 spiro atoms. The topological polar surface area (TPSA) is 41.3 Å². The molecule has 1 aliphatic rings. The van der Waals surface area contributed by atoms with Gasteiger partial charge in [-0.2, -0.15) is 0 Å². The summed E-state index contributed by atoms with van der Waals surface area (Å²) in [6.07, 6.45) is 0.445. The van der Waals surface area contributed by atoms with Crippen LogP contribution in [0.4, 0.5) is 10.3 Å². The predicted octanol–water partition coefficient (Wildman–Crippen LogP) is 2.79. The van der Waals surface area contributed by atoms with Gasteiger partial charge in [0.1, 0.15) is 5.82 Å². The van der Waals surface area contributed by atoms with Crippen molar-refractivity contribution < 1.29 is 9.50 Å². The van der Waals surface area contributed by atoms with Gasteiger partial charge < -0.3 is 14.6 Å². The quantitative estimate of drug-likeness (QED) is 0.809. The first-order chi connectivity index (χ1) is 11.2. The van der Waals surface area contributed by atoms with Crippen LogP contribution in [0.5, 0.6) is 0 Å². The first-order valence-electron chi connectivity index (χ1n) is 7.83. The molecule has 1 saturated heterocycles. The number of benzene rings is 2. The third-order valence-electron chi connectivity index (χ3n) is 4.31. The molecule has 23 heavy (non-hydrogen) atoms. The highest BCUT2D eigenvalue weighted by Crippen LogP contribution is 2.26. The van der Waals surface area contributed by atoms with E-state index in [1.54, 1.807) is 12.1 Å². The second-order valence-electron chi connectivity index (χ2n) is 6.01. The highest BCUT2D eigenvalue weighted by atomic mass is 19.1. The number of hydrogen-bond acceptors (Lipinski definition) is 3. The minimum atomic E-state index is -0.308. The maximum atomic E-state index is 13.5. The van der Waals surface area contributed by atoms with Crippen molar-refractivity contribution in [2.75, 3.05) is 18.0 Å². The van der Waals surface area contributed by atoms with Crippen LogP contribution in [-0.4, -0.2) is 33.9 Å². The van der Waals surface area contributed by atoms with Crippen molar-refractivity contribution >= 4 is 17.0 Å². The van der Waals surface area contributed by atoms with E-state index in [0.29, 0.717) is 13.1 Å². The molecular formula is C18H18FN3O. The van der Waals surface area contributed by atoms with E-state index in [2.05, 4.69) is 9.47 Å². The molecule has 0 radical (unpaired) electrons. The zero-order chi connectivity index (χ0) is 15.8. The third kappa shape index (κ3) is 2.68. The lowest BCUT2D eigenvalue weighted by molar-refractivity contribution is 0.198. The van der Waals surface area contributed by atoms with Crippen molar-refractivity contribution in [3.63, 3.8) is 0 Å². The van der Waals surface area contributed by atoms with Crippen molar-refractivity contribution in [2.24, 2.45) is 0 Å². The fraction of sp³-hybridized carbons (Fsp3) is 0.278. The van der Waals surface area contributed by atoms with Gasteiger partial charge in [0.25, 0.3) is 0 Å². The number of halogens is 1. The SMILES string of the molecule is O[C@H]1CCN(c2nc3ccccc3n2Cc2cccc(F)c2)C1. The lowest BCUT2D eigenvalue weighted by Gasteiger charge is -2.19. The third-order valence-corrected chi connectivity index (χ3v) is 4.31. The van der Waals surface area contributed by atoms with Crippen molar-refractivity contribution in [3.8, 4) is 0 Å². The molecule has 0 aliphatic carbocycles. The number of para-hydroxylation sites is 2. The largest absolute Gasteiger partial charge is 0.391 e. The van der Waals surface area contributed by atoms with Gasteiger partial charge >= 0.3 is 0 Å². The number of aliphatic hydroxyl groups is 1. The van der Waals surface area contributed by atoms with Crippen molar-refractivity contribution in [2.45, 2.75) is 19.1 Å². The predicted molar refractivity (Wildman–Crippen MR) is 88.1 cm³/mol. The van der Waals surface area contributed by atoms with Gasteiger partial charge in [-0.3, -0.25) is 0 Å². The Balaban J connectivity index is 1.79. The van der Waals surface area contributed by atoms with Crippen LogP contribution in [0.15, 0.2) is 48.5 Å². The van der Waals surface area contributed by atoms with E-state index in [9.17, 15) is 9.50 Å². The molecule has 2 heterocycles. The maximum Gasteiger partial charge on any atom is 0.206 e. The molecule has 0 unspecified atom stereocenters. The standard InChI is InChI=1S/C18H18FN3O/c19-14-5-3-4-13(10-14)11-22-17-7-2-1-6-16(17)20-18(22)21-9-8-15(23)12-21/h1-7,10,15,23H,8-9,11-12H2/t15-/m0/s1. The van der Waals surface area contributed by atoms with Crippen molar-refractivity contribution in [1.29, 1.82) is 0 Å². The summed E-state index contributed by atoms with van der Waals surface area (Å²) in [5.74, 6) is 0.608. The molecule has 5 heteroatoms. The van der Waals surface area contributed by atoms with Gasteiger partial charge in [0.2, 0.25) is 5.95 Å². The molecule has 3 aromatic rings. The second-order valence-corrected chi connectivity index (χ2v) is 6.01. The molecule has 1 fully saturated rings. The van der Waals surface area contributed by atoms with Crippen LogP contribution in [0.25, 0.3) is 11.0 Å². The van der Waals surface area contributed by atoms with Crippen LogP contribution in [0.1, 0.15) is 12.0 Å². The van der Waals surface area contributed by atoms with Crippen LogP contribution in [-0.2, 0) is 6.54 Å². The number of nitrogens with zero attached hydrogens (tertiary/aromatic N) is 3. The molecule has 1 atom stereocenters. The van der Waals surface area contributed by atoms with E-state index in [-0.39, 0.29) is 11.9 Å². The van der Waals surface area contributed by atoms with Gasteiger partial charge in [-0.25, -0.2) is 9.37 Å².